The maximum atomic E-state index is 13.1. The highest BCUT2D eigenvalue weighted by Crippen LogP contribution is 2.39. The predicted octanol–water partition coefficient (Wildman–Crippen LogP) is 5.42. The summed E-state index contributed by atoms with van der Waals surface area (Å²) in [6.07, 6.45) is 1.81. The lowest BCUT2D eigenvalue weighted by atomic mass is 9.83. The lowest BCUT2D eigenvalue weighted by Crippen LogP contribution is -2.29. The summed E-state index contributed by atoms with van der Waals surface area (Å²) in [5.41, 5.74) is 1.16. The van der Waals surface area contributed by atoms with Gasteiger partial charge in [0.25, 0.3) is 0 Å². The van der Waals surface area contributed by atoms with E-state index >= 15 is 0 Å². The largest absolute Gasteiger partial charge is 0.248 e. The van der Waals surface area contributed by atoms with Crippen LogP contribution in [-0.2, 0) is 6.42 Å². The van der Waals surface area contributed by atoms with Gasteiger partial charge >= 0.3 is 0 Å². The second-order valence-corrected chi connectivity index (χ2v) is 6.52. The van der Waals surface area contributed by atoms with E-state index in [1.54, 1.807) is 0 Å². The maximum Gasteiger partial charge on any atom is 0.248 e. The Morgan fingerprint density at radius 3 is 2.33 bits per heavy atom. The van der Waals surface area contributed by atoms with E-state index in [1.807, 2.05) is 24.3 Å². The Kier molecular flexibility index (Phi) is 4.65. The van der Waals surface area contributed by atoms with Crippen molar-refractivity contribution in [2.75, 3.05) is 0 Å². The molecule has 2 rings (SSSR count). The third kappa shape index (κ3) is 3.92. The summed E-state index contributed by atoms with van der Waals surface area (Å²) < 4.78 is 27.2. The third-order valence-corrected chi connectivity index (χ3v) is 4.66. The van der Waals surface area contributed by atoms with E-state index < -0.39 is 5.92 Å². The van der Waals surface area contributed by atoms with Crippen molar-refractivity contribution in [1.82, 2.24) is 0 Å². The summed E-state index contributed by atoms with van der Waals surface area (Å²) in [6, 6.07) is 8.01. The minimum atomic E-state index is -2.47. The van der Waals surface area contributed by atoms with Gasteiger partial charge in [-0.15, -0.1) is 11.6 Å². The normalized spacial score (nSPS) is 21.8. The molecule has 1 aromatic rings. The number of benzene rings is 1. The van der Waals surface area contributed by atoms with Crippen molar-refractivity contribution < 1.29 is 8.78 Å². The van der Waals surface area contributed by atoms with Crippen molar-refractivity contribution in [3.05, 3.63) is 34.3 Å². The molecule has 0 bridgehead atoms. The average Bonchev–Trinajstić information content (AvgIpc) is 2.32. The van der Waals surface area contributed by atoms with Crippen LogP contribution in [0.2, 0.25) is 0 Å². The zero-order valence-electron chi connectivity index (χ0n) is 10.0. The van der Waals surface area contributed by atoms with Crippen LogP contribution in [0.5, 0.6) is 0 Å². The van der Waals surface area contributed by atoms with E-state index in [0.717, 1.165) is 16.5 Å². The minimum absolute atomic E-state index is 0.0127. The quantitative estimate of drug-likeness (QED) is 0.646. The van der Waals surface area contributed by atoms with Gasteiger partial charge in [-0.25, -0.2) is 8.78 Å². The molecule has 0 aliphatic heterocycles. The Hall–Kier alpha value is -0.150. The maximum absolute atomic E-state index is 13.1. The molecule has 0 radical (unpaired) electrons. The zero-order chi connectivity index (χ0) is 13.2. The molecule has 0 aromatic heterocycles. The third-order valence-electron chi connectivity index (χ3n) is 3.62. The highest BCUT2D eigenvalue weighted by Gasteiger charge is 2.37. The molecule has 0 heterocycles. The van der Waals surface area contributed by atoms with Gasteiger partial charge < -0.3 is 0 Å². The molecule has 4 heteroatoms. The molecule has 1 aliphatic rings. The summed E-state index contributed by atoms with van der Waals surface area (Å²) in [5.74, 6) is -2.25. The van der Waals surface area contributed by atoms with E-state index in [0.29, 0.717) is 12.8 Å². The molecule has 1 unspecified atom stereocenters. The van der Waals surface area contributed by atoms with E-state index in [9.17, 15) is 8.78 Å². The van der Waals surface area contributed by atoms with Crippen LogP contribution in [0.3, 0.4) is 0 Å². The van der Waals surface area contributed by atoms with Crippen molar-refractivity contribution in [3.8, 4) is 0 Å². The van der Waals surface area contributed by atoms with Gasteiger partial charge in [-0.3, -0.25) is 0 Å². The van der Waals surface area contributed by atoms with Gasteiger partial charge in [-0.05, 0) is 42.9 Å². The molecule has 1 aromatic carbocycles. The van der Waals surface area contributed by atoms with E-state index in [2.05, 4.69) is 15.9 Å². The molecule has 0 amide bonds. The van der Waals surface area contributed by atoms with Crippen LogP contribution in [0.1, 0.15) is 31.2 Å². The van der Waals surface area contributed by atoms with E-state index in [-0.39, 0.29) is 24.1 Å². The second kappa shape index (κ2) is 5.87. The summed E-state index contributed by atoms with van der Waals surface area (Å²) in [4.78, 5) is 0. The van der Waals surface area contributed by atoms with Crippen LogP contribution < -0.4 is 0 Å². The van der Waals surface area contributed by atoms with Gasteiger partial charge in [0.2, 0.25) is 5.92 Å². The highest BCUT2D eigenvalue weighted by molar-refractivity contribution is 9.10. The van der Waals surface area contributed by atoms with Gasteiger partial charge in [0.05, 0.1) is 0 Å². The fraction of sp³-hybridized carbons (Fsp3) is 0.571. The standard InChI is InChI=1S/C14H16BrClF2/c15-12-3-1-10(2-4-12)9-13(16)11-5-7-14(17,18)8-6-11/h1-4,11,13H,5-9H2. The molecule has 100 valence electrons. The van der Waals surface area contributed by atoms with Crippen molar-refractivity contribution >= 4 is 27.5 Å². The lowest BCUT2D eigenvalue weighted by molar-refractivity contribution is -0.0459. The first kappa shape index (κ1) is 14.3. The van der Waals surface area contributed by atoms with Gasteiger partial charge in [0, 0.05) is 22.7 Å². The first-order valence-corrected chi connectivity index (χ1v) is 7.45. The smallest absolute Gasteiger partial charge is 0.207 e. The van der Waals surface area contributed by atoms with Crippen LogP contribution in [0.4, 0.5) is 8.78 Å². The van der Waals surface area contributed by atoms with Crippen molar-refractivity contribution in [1.29, 1.82) is 0 Å². The SMILES string of the molecule is FC1(F)CCC(C(Cl)Cc2ccc(Br)cc2)CC1. The summed E-state index contributed by atoms with van der Waals surface area (Å²) in [6.45, 7) is 0. The Bertz CT molecular complexity index is 381. The zero-order valence-corrected chi connectivity index (χ0v) is 12.4. The van der Waals surface area contributed by atoms with Crippen LogP contribution in [0.15, 0.2) is 28.7 Å². The average molecular weight is 338 g/mol. The summed E-state index contributed by atoms with van der Waals surface area (Å²) >= 11 is 9.75. The molecular weight excluding hydrogens is 322 g/mol. The Labute approximate surface area is 120 Å². The van der Waals surface area contributed by atoms with Gasteiger partial charge in [0.15, 0.2) is 0 Å². The predicted molar refractivity (Wildman–Crippen MR) is 74.4 cm³/mol. The first-order chi connectivity index (χ1) is 8.46. The number of alkyl halides is 3. The van der Waals surface area contributed by atoms with Crippen LogP contribution in [0, 0.1) is 5.92 Å². The summed E-state index contributed by atoms with van der Waals surface area (Å²) in [7, 11) is 0. The second-order valence-electron chi connectivity index (χ2n) is 5.04. The number of hydrogen-bond donors (Lipinski definition) is 0. The van der Waals surface area contributed by atoms with Crippen LogP contribution in [-0.4, -0.2) is 11.3 Å². The number of rotatable bonds is 3. The molecule has 18 heavy (non-hydrogen) atoms. The molecule has 0 spiro atoms. The number of halogens is 4. The first-order valence-electron chi connectivity index (χ1n) is 6.23. The van der Waals surface area contributed by atoms with Crippen LogP contribution >= 0.6 is 27.5 Å². The monoisotopic (exact) mass is 336 g/mol. The Morgan fingerprint density at radius 1 is 1.22 bits per heavy atom. The molecule has 1 aliphatic carbocycles. The lowest BCUT2D eigenvalue weighted by Gasteiger charge is -2.31. The fourth-order valence-electron chi connectivity index (χ4n) is 2.44. The molecular formula is C14H16BrClF2. The number of hydrogen-bond acceptors (Lipinski definition) is 0. The highest BCUT2D eigenvalue weighted by atomic mass is 79.9. The molecule has 0 nitrogen and oxygen atoms in total. The molecule has 1 fully saturated rings. The van der Waals surface area contributed by atoms with Crippen molar-refractivity contribution in [2.24, 2.45) is 5.92 Å². The summed E-state index contributed by atoms with van der Waals surface area (Å²) in [5, 5.41) is -0.0396. The Morgan fingerprint density at radius 2 is 1.78 bits per heavy atom. The minimum Gasteiger partial charge on any atom is -0.207 e. The topological polar surface area (TPSA) is 0 Å². The molecule has 0 N–H and O–H groups in total. The molecule has 0 saturated heterocycles. The van der Waals surface area contributed by atoms with Gasteiger partial charge in [0.1, 0.15) is 0 Å². The van der Waals surface area contributed by atoms with E-state index in [1.165, 1.54) is 0 Å². The molecule has 1 saturated carbocycles. The molecule has 1 atom stereocenters. The van der Waals surface area contributed by atoms with Crippen molar-refractivity contribution in [2.45, 2.75) is 43.4 Å². The van der Waals surface area contributed by atoms with Gasteiger partial charge in [-0.1, -0.05) is 28.1 Å². The Balaban J connectivity index is 1.89. The van der Waals surface area contributed by atoms with E-state index in [4.69, 9.17) is 11.6 Å². The van der Waals surface area contributed by atoms with Crippen molar-refractivity contribution in [3.63, 3.8) is 0 Å². The van der Waals surface area contributed by atoms with Gasteiger partial charge in [-0.2, -0.15) is 0 Å². The van der Waals surface area contributed by atoms with Crippen LogP contribution in [0.25, 0.3) is 0 Å². The fourth-order valence-corrected chi connectivity index (χ4v) is 3.13.